The maximum absolute atomic E-state index is 12.0. The third-order valence-corrected chi connectivity index (χ3v) is 3.94. The van der Waals surface area contributed by atoms with Crippen LogP contribution in [0.15, 0.2) is 42.5 Å². The van der Waals surface area contributed by atoms with Gasteiger partial charge in [0.05, 0.1) is 12.7 Å². The smallest absolute Gasteiger partial charge is 0.337 e. The third-order valence-electron chi connectivity index (χ3n) is 3.53. The maximum atomic E-state index is 12.0. The zero-order valence-electron chi connectivity index (χ0n) is 13.6. The van der Waals surface area contributed by atoms with E-state index in [9.17, 15) is 9.59 Å². The number of ether oxygens (including phenoxy) is 1. The predicted molar refractivity (Wildman–Crippen MR) is 95.7 cm³/mol. The van der Waals surface area contributed by atoms with Crippen LogP contribution in [0, 0.1) is 6.92 Å². The number of rotatable bonds is 6. The Balaban J connectivity index is 1.82. The number of methoxy groups -OCH3 is 1. The summed E-state index contributed by atoms with van der Waals surface area (Å²) in [5.74, 6) is -0.475. The van der Waals surface area contributed by atoms with Crippen LogP contribution in [-0.4, -0.2) is 25.5 Å². The van der Waals surface area contributed by atoms with Crippen molar-refractivity contribution in [3.63, 3.8) is 0 Å². The number of esters is 1. The van der Waals surface area contributed by atoms with E-state index in [4.69, 9.17) is 11.6 Å². The molecule has 0 unspecified atom stereocenters. The molecular formula is C18H19ClN2O3. The van der Waals surface area contributed by atoms with Gasteiger partial charge in [0.2, 0.25) is 5.91 Å². The van der Waals surface area contributed by atoms with Gasteiger partial charge in [0, 0.05) is 29.4 Å². The van der Waals surface area contributed by atoms with Crippen LogP contribution >= 0.6 is 11.6 Å². The molecule has 0 heterocycles. The third kappa shape index (κ3) is 4.73. The number of amides is 1. The van der Waals surface area contributed by atoms with Crippen LogP contribution in [0.2, 0.25) is 5.02 Å². The van der Waals surface area contributed by atoms with Gasteiger partial charge in [0.25, 0.3) is 0 Å². The minimum atomic E-state index is -0.377. The first-order valence-corrected chi connectivity index (χ1v) is 7.86. The summed E-state index contributed by atoms with van der Waals surface area (Å²) < 4.78 is 4.64. The van der Waals surface area contributed by atoms with Crippen molar-refractivity contribution in [3.05, 3.63) is 58.6 Å². The number of anilines is 2. The van der Waals surface area contributed by atoms with E-state index in [0.717, 1.165) is 16.9 Å². The predicted octanol–water partition coefficient (Wildman–Crippen LogP) is 3.88. The topological polar surface area (TPSA) is 67.4 Å². The zero-order valence-corrected chi connectivity index (χ0v) is 14.3. The Bertz CT molecular complexity index is 730. The molecule has 0 fully saturated rings. The molecule has 2 aromatic rings. The molecule has 0 spiro atoms. The summed E-state index contributed by atoms with van der Waals surface area (Å²) >= 11 is 6.03. The Morgan fingerprint density at radius 2 is 1.83 bits per heavy atom. The van der Waals surface area contributed by atoms with Crippen molar-refractivity contribution in [2.45, 2.75) is 13.3 Å². The summed E-state index contributed by atoms with van der Waals surface area (Å²) in [4.78, 5) is 23.3. The average molecular weight is 347 g/mol. The van der Waals surface area contributed by atoms with Crippen LogP contribution in [-0.2, 0) is 9.53 Å². The van der Waals surface area contributed by atoms with E-state index < -0.39 is 0 Å². The molecule has 0 radical (unpaired) electrons. The summed E-state index contributed by atoms with van der Waals surface area (Å²) in [6.45, 7) is 2.34. The molecule has 1 amide bonds. The SMILES string of the molecule is COC(=O)c1ccc(NCCC(=O)Nc2cccc(Cl)c2C)cc1. The molecule has 24 heavy (non-hydrogen) atoms. The highest BCUT2D eigenvalue weighted by Gasteiger charge is 2.07. The van der Waals surface area contributed by atoms with Crippen molar-refractivity contribution in [2.75, 3.05) is 24.3 Å². The van der Waals surface area contributed by atoms with Gasteiger partial charge in [-0.25, -0.2) is 4.79 Å². The molecule has 0 aliphatic heterocycles. The van der Waals surface area contributed by atoms with E-state index in [0.29, 0.717) is 23.6 Å². The van der Waals surface area contributed by atoms with Crippen LogP contribution in [0.1, 0.15) is 22.3 Å². The molecule has 6 heteroatoms. The highest BCUT2D eigenvalue weighted by atomic mass is 35.5. The van der Waals surface area contributed by atoms with Gasteiger partial charge in [-0.2, -0.15) is 0 Å². The summed E-state index contributed by atoms with van der Waals surface area (Å²) in [5, 5.41) is 6.60. The van der Waals surface area contributed by atoms with Crippen molar-refractivity contribution in [2.24, 2.45) is 0 Å². The molecule has 2 aromatic carbocycles. The van der Waals surface area contributed by atoms with Crippen LogP contribution < -0.4 is 10.6 Å². The molecule has 0 atom stereocenters. The number of hydrogen-bond acceptors (Lipinski definition) is 4. The first kappa shape index (κ1) is 17.8. The standard InChI is InChI=1S/C18H19ClN2O3/c1-12-15(19)4-3-5-16(12)21-17(22)10-11-20-14-8-6-13(7-9-14)18(23)24-2/h3-9,20H,10-11H2,1-2H3,(H,21,22). The highest BCUT2D eigenvalue weighted by molar-refractivity contribution is 6.31. The van der Waals surface area contributed by atoms with E-state index in [1.165, 1.54) is 7.11 Å². The maximum Gasteiger partial charge on any atom is 0.337 e. The van der Waals surface area contributed by atoms with Gasteiger partial charge >= 0.3 is 5.97 Å². The second-order valence-corrected chi connectivity index (χ2v) is 5.61. The lowest BCUT2D eigenvalue weighted by molar-refractivity contribution is -0.115. The van der Waals surface area contributed by atoms with E-state index in [-0.39, 0.29) is 11.9 Å². The van der Waals surface area contributed by atoms with Crippen LogP contribution in [0.3, 0.4) is 0 Å². The number of carbonyl (C=O) groups is 2. The fourth-order valence-corrected chi connectivity index (χ4v) is 2.29. The quantitative estimate of drug-likeness (QED) is 0.779. The van der Waals surface area contributed by atoms with Gasteiger partial charge in [-0.1, -0.05) is 17.7 Å². The van der Waals surface area contributed by atoms with E-state index in [1.54, 1.807) is 36.4 Å². The van der Waals surface area contributed by atoms with Crippen molar-refractivity contribution in [1.29, 1.82) is 0 Å². The molecule has 0 saturated carbocycles. The van der Waals surface area contributed by atoms with Gasteiger partial charge in [0.1, 0.15) is 0 Å². The lowest BCUT2D eigenvalue weighted by Gasteiger charge is -2.10. The summed E-state index contributed by atoms with van der Waals surface area (Å²) in [6, 6.07) is 12.3. The number of hydrogen-bond donors (Lipinski definition) is 2. The van der Waals surface area contributed by atoms with Gasteiger partial charge < -0.3 is 15.4 Å². The van der Waals surface area contributed by atoms with Crippen molar-refractivity contribution in [3.8, 4) is 0 Å². The van der Waals surface area contributed by atoms with Crippen molar-refractivity contribution in [1.82, 2.24) is 0 Å². The number of nitrogens with one attached hydrogen (secondary N) is 2. The molecular weight excluding hydrogens is 328 g/mol. The second kappa shape index (κ2) is 8.36. The Hall–Kier alpha value is -2.53. The Morgan fingerprint density at radius 1 is 1.12 bits per heavy atom. The van der Waals surface area contributed by atoms with Gasteiger partial charge in [-0.15, -0.1) is 0 Å². The van der Waals surface area contributed by atoms with Crippen LogP contribution in [0.25, 0.3) is 0 Å². The highest BCUT2D eigenvalue weighted by Crippen LogP contribution is 2.23. The lowest BCUT2D eigenvalue weighted by Crippen LogP contribution is -2.16. The molecule has 0 aromatic heterocycles. The lowest BCUT2D eigenvalue weighted by atomic mass is 10.2. The zero-order chi connectivity index (χ0) is 17.5. The first-order valence-electron chi connectivity index (χ1n) is 7.48. The second-order valence-electron chi connectivity index (χ2n) is 5.21. The minimum Gasteiger partial charge on any atom is -0.465 e. The van der Waals surface area contributed by atoms with Gasteiger partial charge in [-0.05, 0) is 48.9 Å². The molecule has 126 valence electrons. The molecule has 2 N–H and O–H groups in total. The monoisotopic (exact) mass is 346 g/mol. The minimum absolute atomic E-state index is 0.0981. The Labute approximate surface area is 146 Å². The fraction of sp³-hybridized carbons (Fsp3) is 0.222. The molecule has 0 aliphatic carbocycles. The van der Waals surface area contributed by atoms with E-state index in [2.05, 4.69) is 15.4 Å². The number of carbonyl (C=O) groups excluding carboxylic acids is 2. The van der Waals surface area contributed by atoms with Crippen LogP contribution in [0.5, 0.6) is 0 Å². The van der Waals surface area contributed by atoms with E-state index >= 15 is 0 Å². The molecule has 5 nitrogen and oxygen atoms in total. The average Bonchev–Trinajstić information content (AvgIpc) is 2.59. The molecule has 2 rings (SSSR count). The largest absolute Gasteiger partial charge is 0.465 e. The normalized spacial score (nSPS) is 10.1. The number of benzene rings is 2. The van der Waals surface area contributed by atoms with E-state index in [1.807, 2.05) is 13.0 Å². The van der Waals surface area contributed by atoms with Crippen LogP contribution in [0.4, 0.5) is 11.4 Å². The summed E-state index contributed by atoms with van der Waals surface area (Å²) in [7, 11) is 1.34. The fourth-order valence-electron chi connectivity index (χ4n) is 2.12. The first-order chi connectivity index (χ1) is 11.5. The molecule has 0 aliphatic rings. The van der Waals surface area contributed by atoms with Gasteiger partial charge in [-0.3, -0.25) is 4.79 Å². The summed E-state index contributed by atoms with van der Waals surface area (Å²) in [5.41, 5.74) is 2.88. The molecule has 0 bridgehead atoms. The van der Waals surface area contributed by atoms with Crippen molar-refractivity contribution < 1.29 is 14.3 Å². The molecule has 0 saturated heterocycles. The Morgan fingerprint density at radius 3 is 2.50 bits per heavy atom. The van der Waals surface area contributed by atoms with Crippen molar-refractivity contribution >= 4 is 34.9 Å². The van der Waals surface area contributed by atoms with Gasteiger partial charge in [0.15, 0.2) is 0 Å². The number of halogens is 1. The Kier molecular flexibility index (Phi) is 6.21. The summed E-state index contributed by atoms with van der Waals surface area (Å²) in [6.07, 6.45) is 0.310.